The zero-order chi connectivity index (χ0) is 14.8. The van der Waals surface area contributed by atoms with Crippen molar-refractivity contribution in [1.82, 2.24) is 0 Å². The molecule has 0 bridgehead atoms. The lowest BCUT2D eigenvalue weighted by atomic mass is 10.2. The Labute approximate surface area is 136 Å². The number of hydrogen-bond donors (Lipinski definition) is 1. The average Bonchev–Trinajstić information content (AvgIpc) is 2.37. The van der Waals surface area contributed by atoms with E-state index in [1.807, 2.05) is 6.07 Å². The Hall–Kier alpha value is -0.750. The van der Waals surface area contributed by atoms with E-state index < -0.39 is 10.0 Å². The molecule has 0 fully saturated rings. The van der Waals surface area contributed by atoms with Crippen LogP contribution in [0, 0.1) is 0 Å². The van der Waals surface area contributed by atoms with Crippen LogP contribution in [0.1, 0.15) is 5.56 Å². The second-order valence-corrected chi connectivity index (χ2v) is 7.16. The van der Waals surface area contributed by atoms with Gasteiger partial charge in [0.2, 0.25) is 0 Å². The molecule has 0 aliphatic heterocycles. The van der Waals surface area contributed by atoms with Crippen LogP contribution < -0.4 is 4.72 Å². The highest BCUT2D eigenvalue weighted by molar-refractivity contribution is 9.08. The van der Waals surface area contributed by atoms with Gasteiger partial charge in [0.15, 0.2) is 0 Å². The van der Waals surface area contributed by atoms with Crippen molar-refractivity contribution in [2.24, 2.45) is 0 Å². The van der Waals surface area contributed by atoms with E-state index in [1.54, 1.807) is 18.2 Å². The molecule has 7 heteroatoms. The van der Waals surface area contributed by atoms with E-state index in [4.69, 9.17) is 23.2 Å². The number of nitrogens with one attached hydrogen (secondary N) is 1. The molecule has 3 nitrogen and oxygen atoms in total. The molecule has 0 saturated heterocycles. The number of halogens is 3. The van der Waals surface area contributed by atoms with Crippen molar-refractivity contribution in [1.29, 1.82) is 0 Å². The maximum Gasteiger partial charge on any atom is 0.261 e. The Kier molecular flexibility index (Phi) is 4.96. The molecule has 2 aromatic rings. The summed E-state index contributed by atoms with van der Waals surface area (Å²) in [4.78, 5) is 0.0271. The molecule has 0 spiro atoms. The minimum Gasteiger partial charge on any atom is -0.280 e. The van der Waals surface area contributed by atoms with Gasteiger partial charge in [-0.05, 0) is 35.9 Å². The molecular formula is C13H10BrCl2NO2S. The SMILES string of the molecule is O=S(=O)(Nc1cccc(CBr)c1)c1cc(Cl)cc(Cl)c1. The summed E-state index contributed by atoms with van der Waals surface area (Å²) < 4.78 is 27.0. The molecule has 2 rings (SSSR count). The molecule has 0 radical (unpaired) electrons. The third-order valence-electron chi connectivity index (χ3n) is 2.48. The first-order chi connectivity index (χ1) is 9.40. The number of alkyl halides is 1. The van der Waals surface area contributed by atoms with E-state index in [0.29, 0.717) is 11.0 Å². The monoisotopic (exact) mass is 393 g/mol. The molecule has 0 amide bonds. The maximum absolute atomic E-state index is 12.3. The zero-order valence-corrected chi connectivity index (χ0v) is 14.0. The van der Waals surface area contributed by atoms with E-state index in [1.165, 1.54) is 18.2 Å². The molecule has 0 heterocycles. The normalized spacial score (nSPS) is 11.3. The Bertz CT molecular complexity index is 715. The van der Waals surface area contributed by atoms with Crippen molar-refractivity contribution < 1.29 is 8.42 Å². The molecule has 106 valence electrons. The van der Waals surface area contributed by atoms with Gasteiger partial charge in [0.05, 0.1) is 4.90 Å². The molecule has 0 aromatic heterocycles. The number of anilines is 1. The summed E-state index contributed by atoms with van der Waals surface area (Å²) in [6.07, 6.45) is 0. The van der Waals surface area contributed by atoms with Gasteiger partial charge in [-0.3, -0.25) is 4.72 Å². The summed E-state index contributed by atoms with van der Waals surface area (Å²) in [5, 5.41) is 1.19. The average molecular weight is 395 g/mol. The predicted octanol–water partition coefficient (Wildman–Crippen LogP) is 4.69. The van der Waals surface area contributed by atoms with Crippen molar-refractivity contribution >= 4 is 54.8 Å². The third-order valence-corrected chi connectivity index (χ3v) is 4.92. The Morgan fingerprint density at radius 3 is 2.30 bits per heavy atom. The second-order valence-electron chi connectivity index (χ2n) is 4.04. The summed E-state index contributed by atoms with van der Waals surface area (Å²) >= 11 is 15.0. The zero-order valence-electron chi connectivity index (χ0n) is 10.1. The lowest BCUT2D eigenvalue weighted by Gasteiger charge is -2.09. The molecule has 0 unspecified atom stereocenters. The van der Waals surface area contributed by atoms with Crippen molar-refractivity contribution in [3.63, 3.8) is 0 Å². The van der Waals surface area contributed by atoms with E-state index in [0.717, 1.165) is 5.56 Å². The van der Waals surface area contributed by atoms with Gasteiger partial charge < -0.3 is 0 Å². The van der Waals surface area contributed by atoms with Crippen LogP contribution in [0.5, 0.6) is 0 Å². The van der Waals surface area contributed by atoms with Crippen LogP contribution in [0.2, 0.25) is 10.0 Å². The van der Waals surface area contributed by atoms with Crippen molar-refractivity contribution in [3.8, 4) is 0 Å². The predicted molar refractivity (Wildman–Crippen MR) is 86.3 cm³/mol. The first-order valence-electron chi connectivity index (χ1n) is 5.54. The van der Waals surface area contributed by atoms with E-state index in [-0.39, 0.29) is 14.9 Å². The smallest absolute Gasteiger partial charge is 0.261 e. The highest BCUT2D eigenvalue weighted by atomic mass is 79.9. The largest absolute Gasteiger partial charge is 0.280 e. The van der Waals surface area contributed by atoms with Crippen molar-refractivity contribution in [3.05, 3.63) is 58.1 Å². The summed E-state index contributed by atoms with van der Waals surface area (Å²) in [7, 11) is -3.72. The minimum atomic E-state index is -3.72. The number of benzene rings is 2. The fourth-order valence-electron chi connectivity index (χ4n) is 1.62. The van der Waals surface area contributed by atoms with Crippen molar-refractivity contribution in [2.75, 3.05) is 4.72 Å². The van der Waals surface area contributed by atoms with Crippen LogP contribution in [-0.4, -0.2) is 8.42 Å². The van der Waals surface area contributed by atoms with Crippen LogP contribution in [0.3, 0.4) is 0 Å². The third kappa shape index (κ3) is 3.88. The van der Waals surface area contributed by atoms with Gasteiger partial charge in [-0.15, -0.1) is 0 Å². The Morgan fingerprint density at radius 1 is 1.05 bits per heavy atom. The van der Waals surface area contributed by atoms with Crippen molar-refractivity contribution in [2.45, 2.75) is 10.2 Å². The van der Waals surface area contributed by atoms with Gasteiger partial charge in [0.1, 0.15) is 0 Å². The second kappa shape index (κ2) is 6.35. The van der Waals surface area contributed by atoms with Gasteiger partial charge in [-0.25, -0.2) is 8.42 Å². The summed E-state index contributed by atoms with van der Waals surface area (Å²) in [6, 6.07) is 11.3. The molecule has 0 atom stereocenters. The minimum absolute atomic E-state index is 0.0271. The topological polar surface area (TPSA) is 46.2 Å². The van der Waals surface area contributed by atoms with E-state index >= 15 is 0 Å². The van der Waals surface area contributed by atoms with Gasteiger partial charge in [0, 0.05) is 21.1 Å². The van der Waals surface area contributed by atoms with Gasteiger partial charge >= 0.3 is 0 Å². The number of sulfonamides is 1. The van der Waals surface area contributed by atoms with Gasteiger partial charge in [-0.2, -0.15) is 0 Å². The first kappa shape index (κ1) is 15.6. The Morgan fingerprint density at radius 2 is 1.70 bits per heavy atom. The van der Waals surface area contributed by atoms with Gasteiger partial charge in [0.25, 0.3) is 10.0 Å². The standard InChI is InChI=1S/C13H10BrCl2NO2S/c14-8-9-2-1-3-12(4-9)17-20(18,19)13-6-10(15)5-11(16)7-13/h1-7,17H,8H2. The molecule has 2 aromatic carbocycles. The van der Waals surface area contributed by atoms with Gasteiger partial charge in [-0.1, -0.05) is 51.3 Å². The van der Waals surface area contributed by atoms with Crippen LogP contribution in [0.25, 0.3) is 0 Å². The van der Waals surface area contributed by atoms with Crippen LogP contribution >= 0.6 is 39.1 Å². The lowest BCUT2D eigenvalue weighted by molar-refractivity contribution is 0.601. The highest BCUT2D eigenvalue weighted by Gasteiger charge is 2.15. The summed E-state index contributed by atoms with van der Waals surface area (Å²) in [5.41, 5.74) is 1.45. The van der Waals surface area contributed by atoms with E-state index in [2.05, 4.69) is 20.7 Å². The molecule has 0 aliphatic carbocycles. The summed E-state index contributed by atoms with van der Waals surface area (Å²) in [5.74, 6) is 0. The lowest BCUT2D eigenvalue weighted by Crippen LogP contribution is -2.13. The number of rotatable bonds is 4. The van der Waals surface area contributed by atoms with Crippen LogP contribution in [0.4, 0.5) is 5.69 Å². The molecule has 0 aliphatic rings. The van der Waals surface area contributed by atoms with E-state index in [9.17, 15) is 8.42 Å². The molecule has 20 heavy (non-hydrogen) atoms. The maximum atomic E-state index is 12.3. The van der Waals surface area contributed by atoms with Crippen LogP contribution in [-0.2, 0) is 15.4 Å². The molecular weight excluding hydrogens is 385 g/mol. The quantitative estimate of drug-likeness (QED) is 0.764. The van der Waals surface area contributed by atoms with Crippen LogP contribution in [0.15, 0.2) is 47.4 Å². The first-order valence-corrected chi connectivity index (χ1v) is 8.90. The molecule has 0 saturated carbocycles. The molecule has 1 N–H and O–H groups in total. The number of hydrogen-bond acceptors (Lipinski definition) is 2. The Balaban J connectivity index is 2.35. The highest BCUT2D eigenvalue weighted by Crippen LogP contribution is 2.24. The summed E-state index contributed by atoms with van der Waals surface area (Å²) in [6.45, 7) is 0. The fourth-order valence-corrected chi connectivity index (χ4v) is 3.74. The fraction of sp³-hybridized carbons (Fsp3) is 0.0769.